The van der Waals surface area contributed by atoms with E-state index in [2.05, 4.69) is 33.7 Å². The van der Waals surface area contributed by atoms with Crippen LogP contribution in [0.4, 0.5) is 0 Å². The molecule has 0 aromatic rings. The number of carbonyl (C=O) groups excluding carboxylic acids is 1. The molecule has 1 unspecified atom stereocenters. The van der Waals surface area contributed by atoms with Crippen molar-refractivity contribution in [1.82, 2.24) is 0 Å². The first-order chi connectivity index (χ1) is 13.9. The number of quaternary nitrogens is 1. The van der Waals surface area contributed by atoms with Crippen LogP contribution < -0.4 is 0 Å². The van der Waals surface area contributed by atoms with Crippen LogP contribution in [-0.4, -0.2) is 36.9 Å². The van der Waals surface area contributed by atoms with Crippen LogP contribution >= 0.6 is 0 Å². The summed E-state index contributed by atoms with van der Waals surface area (Å²) in [6, 6.07) is 0.736. The van der Waals surface area contributed by atoms with Crippen molar-refractivity contribution in [1.29, 1.82) is 0 Å². The van der Waals surface area contributed by atoms with E-state index in [0.717, 1.165) is 29.9 Å². The highest BCUT2D eigenvalue weighted by atomic mass is 16.1. The monoisotopic (exact) mass is 408 g/mol. The van der Waals surface area contributed by atoms with E-state index in [4.69, 9.17) is 0 Å². The molecule has 0 aliphatic rings. The van der Waals surface area contributed by atoms with Crippen LogP contribution in [-0.2, 0) is 4.79 Å². The van der Waals surface area contributed by atoms with Crippen molar-refractivity contribution in [2.45, 2.75) is 135 Å². The molecule has 1 atom stereocenters. The van der Waals surface area contributed by atoms with Gasteiger partial charge in [-0.3, -0.25) is 0 Å². The number of likely N-dealkylation sites (N-methyl/N-ethyl adjacent to an activating group) is 1. The zero-order valence-electron chi connectivity index (χ0n) is 20.7. The molecule has 0 fully saturated rings. The summed E-state index contributed by atoms with van der Waals surface area (Å²) in [4.78, 5) is 10.9. The van der Waals surface area contributed by atoms with Gasteiger partial charge in [0.2, 0.25) is 0 Å². The molecule has 0 aliphatic carbocycles. The average molecular weight is 409 g/mol. The minimum atomic E-state index is 0.345. The summed E-state index contributed by atoms with van der Waals surface area (Å²) in [7, 11) is 4.65. The largest absolute Gasteiger partial charge is 0.323 e. The fraction of sp³-hybridized carbons (Fsp3) is 0.889. The highest BCUT2D eigenvalue weighted by Gasteiger charge is 2.21. The van der Waals surface area contributed by atoms with Gasteiger partial charge in [0.15, 0.2) is 0 Å². The Kier molecular flexibility index (Phi) is 18.9. The Morgan fingerprint density at radius 2 is 1.07 bits per heavy atom. The molecule has 0 aromatic heterocycles. The molecule has 2 heteroatoms. The molecule has 0 spiro atoms. The van der Waals surface area contributed by atoms with Gasteiger partial charge < -0.3 is 9.28 Å². The number of hydrogen-bond acceptors (Lipinski definition) is 1. The van der Waals surface area contributed by atoms with Crippen LogP contribution in [0.5, 0.6) is 0 Å². The SMILES string of the molecule is C=CC[N+](C)(C)C(C)CCCCCCCCCCCCCCCCCCC(C)=O. The van der Waals surface area contributed by atoms with Crippen LogP contribution in [0.3, 0.4) is 0 Å². The standard InChI is InChI=1S/C27H54NO/c1-6-25-28(4,5)26(2)23-21-19-17-15-13-11-9-7-8-10-12-14-16-18-20-22-24-27(3)29/h6,26H,1,7-25H2,2-5H3/q+1. The van der Waals surface area contributed by atoms with E-state index in [0.29, 0.717) is 5.78 Å². The third-order valence-electron chi connectivity index (χ3n) is 6.69. The summed E-state index contributed by atoms with van der Waals surface area (Å²) in [5.74, 6) is 0.345. The second-order valence-corrected chi connectivity index (χ2v) is 10.00. The molecule has 0 amide bonds. The van der Waals surface area contributed by atoms with E-state index in [1.54, 1.807) is 6.92 Å². The van der Waals surface area contributed by atoms with E-state index < -0.39 is 0 Å². The van der Waals surface area contributed by atoms with Gasteiger partial charge in [-0.05, 0) is 39.2 Å². The molecule has 0 radical (unpaired) electrons. The lowest BCUT2D eigenvalue weighted by Gasteiger charge is -2.35. The Morgan fingerprint density at radius 3 is 1.41 bits per heavy atom. The minimum absolute atomic E-state index is 0.345. The van der Waals surface area contributed by atoms with Gasteiger partial charge in [0.1, 0.15) is 5.78 Å². The number of unbranched alkanes of at least 4 members (excludes halogenated alkanes) is 15. The van der Waals surface area contributed by atoms with Crippen molar-refractivity contribution in [3.8, 4) is 0 Å². The first-order valence-corrected chi connectivity index (χ1v) is 12.8. The van der Waals surface area contributed by atoms with Crippen molar-refractivity contribution in [3.05, 3.63) is 12.7 Å². The second kappa shape index (κ2) is 19.3. The first-order valence-electron chi connectivity index (χ1n) is 12.8. The van der Waals surface area contributed by atoms with Crippen molar-refractivity contribution in [2.24, 2.45) is 0 Å². The van der Waals surface area contributed by atoms with Gasteiger partial charge in [-0.2, -0.15) is 0 Å². The number of ketones is 1. The highest BCUT2D eigenvalue weighted by molar-refractivity contribution is 5.75. The van der Waals surface area contributed by atoms with E-state index in [-0.39, 0.29) is 0 Å². The molecule has 0 bridgehead atoms. The van der Waals surface area contributed by atoms with Crippen molar-refractivity contribution in [3.63, 3.8) is 0 Å². The summed E-state index contributed by atoms with van der Waals surface area (Å²) in [5.41, 5.74) is 0. The van der Waals surface area contributed by atoms with Gasteiger partial charge in [0, 0.05) is 6.42 Å². The van der Waals surface area contributed by atoms with Gasteiger partial charge >= 0.3 is 0 Å². The first kappa shape index (κ1) is 28.4. The molecule has 0 aromatic carbocycles. The molecule has 0 heterocycles. The van der Waals surface area contributed by atoms with E-state index in [9.17, 15) is 4.79 Å². The van der Waals surface area contributed by atoms with Crippen LogP contribution in [0.15, 0.2) is 12.7 Å². The Labute approximate surface area is 184 Å². The van der Waals surface area contributed by atoms with Crippen molar-refractivity contribution < 1.29 is 9.28 Å². The number of rotatable bonds is 22. The quantitative estimate of drug-likeness (QED) is 0.100. The molecule has 0 saturated heterocycles. The Hall–Kier alpha value is -0.630. The lowest BCUT2D eigenvalue weighted by molar-refractivity contribution is -0.907. The van der Waals surface area contributed by atoms with E-state index in [1.807, 2.05) is 0 Å². The van der Waals surface area contributed by atoms with Gasteiger partial charge in [-0.1, -0.05) is 96.5 Å². The lowest BCUT2D eigenvalue weighted by atomic mass is 10.0. The summed E-state index contributed by atoms with van der Waals surface area (Å²) in [6.07, 6.45) is 26.3. The summed E-state index contributed by atoms with van der Waals surface area (Å²) in [5, 5.41) is 0. The van der Waals surface area contributed by atoms with Gasteiger partial charge in [-0.25, -0.2) is 0 Å². The smallest absolute Gasteiger partial charge is 0.129 e. The molecular formula is C27H54NO+. The summed E-state index contributed by atoms with van der Waals surface area (Å²) in [6.45, 7) is 9.06. The van der Waals surface area contributed by atoms with Crippen molar-refractivity contribution >= 4 is 5.78 Å². The fourth-order valence-electron chi connectivity index (χ4n) is 4.15. The summed E-state index contributed by atoms with van der Waals surface area (Å²) < 4.78 is 1.07. The minimum Gasteiger partial charge on any atom is -0.323 e. The average Bonchev–Trinajstić information content (AvgIpc) is 2.66. The van der Waals surface area contributed by atoms with Crippen molar-refractivity contribution in [2.75, 3.05) is 20.6 Å². The number of carbonyl (C=O) groups is 1. The maximum absolute atomic E-state index is 10.9. The van der Waals surface area contributed by atoms with Gasteiger partial charge in [0.05, 0.1) is 26.7 Å². The molecule has 0 aliphatic heterocycles. The molecule has 0 N–H and O–H groups in total. The molecule has 29 heavy (non-hydrogen) atoms. The highest BCUT2D eigenvalue weighted by Crippen LogP contribution is 2.17. The molecule has 172 valence electrons. The third-order valence-corrected chi connectivity index (χ3v) is 6.69. The third kappa shape index (κ3) is 19.1. The lowest BCUT2D eigenvalue weighted by Crippen LogP contribution is -2.47. The Morgan fingerprint density at radius 1 is 0.724 bits per heavy atom. The van der Waals surface area contributed by atoms with Crippen LogP contribution in [0.25, 0.3) is 0 Å². The number of nitrogens with zero attached hydrogens (tertiary/aromatic N) is 1. The molecule has 0 saturated carbocycles. The van der Waals surface area contributed by atoms with Crippen LogP contribution in [0, 0.1) is 0 Å². The predicted octanol–water partition coefficient (Wildman–Crippen LogP) is 8.25. The topological polar surface area (TPSA) is 17.1 Å². The van der Waals surface area contributed by atoms with Gasteiger partial charge in [0.25, 0.3) is 0 Å². The van der Waals surface area contributed by atoms with Gasteiger partial charge in [-0.15, -0.1) is 0 Å². The normalized spacial score (nSPS) is 12.8. The zero-order valence-corrected chi connectivity index (χ0v) is 20.7. The van der Waals surface area contributed by atoms with E-state index >= 15 is 0 Å². The molecule has 2 nitrogen and oxygen atoms in total. The Bertz CT molecular complexity index is 388. The maximum atomic E-state index is 10.9. The Balaban J connectivity index is 3.22. The second-order valence-electron chi connectivity index (χ2n) is 10.00. The maximum Gasteiger partial charge on any atom is 0.129 e. The van der Waals surface area contributed by atoms with Crippen LogP contribution in [0.2, 0.25) is 0 Å². The fourth-order valence-corrected chi connectivity index (χ4v) is 4.15. The number of hydrogen-bond donors (Lipinski definition) is 0. The molecular weight excluding hydrogens is 354 g/mol. The predicted molar refractivity (Wildman–Crippen MR) is 130 cm³/mol. The number of Topliss-reactive ketones (excluding diaryl/α,β-unsaturated/α-hetero) is 1. The zero-order chi connectivity index (χ0) is 21.8. The summed E-state index contributed by atoms with van der Waals surface area (Å²) >= 11 is 0. The van der Waals surface area contributed by atoms with Crippen LogP contribution in [0.1, 0.15) is 129 Å². The van der Waals surface area contributed by atoms with E-state index in [1.165, 1.54) is 103 Å². The molecule has 0 rings (SSSR count).